The number of nitrogens with one attached hydrogen (secondary N) is 1. The Morgan fingerprint density at radius 2 is 1.78 bits per heavy atom. The van der Waals surface area contributed by atoms with Gasteiger partial charge in [-0.1, -0.05) is 38.6 Å². The van der Waals surface area contributed by atoms with Gasteiger partial charge in [0, 0.05) is 22.9 Å². The summed E-state index contributed by atoms with van der Waals surface area (Å²) in [5.74, 6) is -0.0643. The maximum atomic E-state index is 12.7. The number of aromatic nitrogens is 3. The maximum Gasteiger partial charge on any atom is 0.229 e. The van der Waals surface area contributed by atoms with Gasteiger partial charge in [0.25, 0.3) is 0 Å². The summed E-state index contributed by atoms with van der Waals surface area (Å²) in [5, 5.41) is 11.5. The Kier molecular flexibility index (Phi) is 5.32. The Bertz CT molecular complexity index is 974. The summed E-state index contributed by atoms with van der Waals surface area (Å²) in [6.45, 7) is 7.42. The van der Waals surface area contributed by atoms with Crippen LogP contribution in [0, 0.1) is 5.41 Å². The molecule has 0 saturated heterocycles. The van der Waals surface area contributed by atoms with Gasteiger partial charge in [0.1, 0.15) is 0 Å². The number of rotatable bonds is 5. The van der Waals surface area contributed by atoms with Crippen molar-refractivity contribution in [1.29, 1.82) is 0 Å². The predicted octanol–water partition coefficient (Wildman–Crippen LogP) is 4.08. The number of thioether (sulfide) groups is 1. The molecule has 140 valence electrons. The molecule has 2 heterocycles. The fraction of sp³-hybridized carbons (Fsp3) is 0.300. The van der Waals surface area contributed by atoms with Crippen LogP contribution in [0.5, 0.6) is 0 Å². The molecule has 1 atom stereocenters. The average molecular weight is 382 g/mol. The summed E-state index contributed by atoms with van der Waals surface area (Å²) in [6, 6.07) is 12.6. The lowest BCUT2D eigenvalue weighted by molar-refractivity contribution is -0.123. The van der Waals surface area contributed by atoms with Crippen LogP contribution in [-0.4, -0.2) is 31.5 Å². The number of benzene rings is 1. The molecule has 1 N–H and O–H groups in total. The first-order valence-corrected chi connectivity index (χ1v) is 9.56. The standard InChI is InChI=1S/C20H22N4O2S/c1-13(27-19-23-22-16-7-5-6-12-24(16)19)17(25)14-8-10-15(11-9-14)21-18(26)20(2,3)4/h5-13H,1-4H3,(H,21,26)/t13-/m1/s1. The van der Waals surface area contributed by atoms with Crippen molar-refractivity contribution in [1.82, 2.24) is 14.6 Å². The second-order valence-corrected chi connectivity index (χ2v) is 8.63. The van der Waals surface area contributed by atoms with Gasteiger partial charge in [-0.25, -0.2) is 0 Å². The van der Waals surface area contributed by atoms with Gasteiger partial charge < -0.3 is 5.32 Å². The van der Waals surface area contributed by atoms with Gasteiger partial charge in [-0.05, 0) is 43.3 Å². The Balaban J connectivity index is 1.69. The van der Waals surface area contributed by atoms with Gasteiger partial charge in [0.2, 0.25) is 5.91 Å². The molecule has 27 heavy (non-hydrogen) atoms. The van der Waals surface area contributed by atoms with E-state index in [2.05, 4.69) is 15.5 Å². The highest BCUT2D eigenvalue weighted by Crippen LogP contribution is 2.25. The van der Waals surface area contributed by atoms with Crippen LogP contribution in [0.1, 0.15) is 38.1 Å². The molecule has 0 aliphatic heterocycles. The summed E-state index contributed by atoms with van der Waals surface area (Å²) >= 11 is 1.37. The molecule has 2 aromatic heterocycles. The fourth-order valence-electron chi connectivity index (χ4n) is 2.38. The smallest absolute Gasteiger partial charge is 0.229 e. The number of pyridine rings is 1. The number of Topliss-reactive ketones (excluding diaryl/α,β-unsaturated/α-hetero) is 1. The van der Waals surface area contributed by atoms with E-state index in [1.54, 1.807) is 24.3 Å². The minimum atomic E-state index is -0.472. The van der Waals surface area contributed by atoms with E-state index in [4.69, 9.17) is 0 Å². The number of ketones is 1. The molecular weight excluding hydrogens is 360 g/mol. The highest BCUT2D eigenvalue weighted by Gasteiger charge is 2.22. The third-order valence-electron chi connectivity index (χ3n) is 4.04. The Hall–Kier alpha value is -2.67. The summed E-state index contributed by atoms with van der Waals surface area (Å²) < 4.78 is 1.86. The second-order valence-electron chi connectivity index (χ2n) is 7.32. The number of amides is 1. The highest BCUT2D eigenvalue weighted by molar-refractivity contribution is 8.00. The van der Waals surface area contributed by atoms with Crippen molar-refractivity contribution in [3.05, 3.63) is 54.2 Å². The fourth-order valence-corrected chi connectivity index (χ4v) is 3.30. The van der Waals surface area contributed by atoms with Crippen LogP contribution in [0.3, 0.4) is 0 Å². The molecular formula is C20H22N4O2S. The van der Waals surface area contributed by atoms with Crippen LogP contribution >= 0.6 is 11.8 Å². The van der Waals surface area contributed by atoms with Crippen molar-refractivity contribution >= 4 is 34.8 Å². The topological polar surface area (TPSA) is 76.4 Å². The normalized spacial score (nSPS) is 12.7. The van der Waals surface area contributed by atoms with Gasteiger partial charge in [0.15, 0.2) is 16.6 Å². The largest absolute Gasteiger partial charge is 0.326 e. The lowest BCUT2D eigenvalue weighted by Gasteiger charge is -2.17. The van der Waals surface area contributed by atoms with Crippen LogP contribution in [0.2, 0.25) is 0 Å². The number of fused-ring (bicyclic) bond motifs is 1. The highest BCUT2D eigenvalue weighted by atomic mass is 32.2. The first-order chi connectivity index (χ1) is 12.8. The van der Waals surface area contributed by atoms with E-state index in [0.717, 1.165) is 5.65 Å². The van der Waals surface area contributed by atoms with Crippen molar-refractivity contribution in [3.63, 3.8) is 0 Å². The van der Waals surface area contributed by atoms with Crippen LogP contribution < -0.4 is 5.32 Å². The quantitative estimate of drug-likeness (QED) is 0.531. The number of nitrogens with zero attached hydrogens (tertiary/aromatic N) is 3. The molecule has 6 nitrogen and oxygen atoms in total. The van der Waals surface area contributed by atoms with Crippen molar-refractivity contribution in [2.24, 2.45) is 5.41 Å². The molecule has 1 amide bonds. The van der Waals surface area contributed by atoms with Gasteiger partial charge >= 0.3 is 0 Å². The Labute approximate surface area is 162 Å². The van der Waals surface area contributed by atoms with Crippen LogP contribution in [0.4, 0.5) is 5.69 Å². The molecule has 1 aromatic carbocycles. The molecule has 0 radical (unpaired) electrons. The van der Waals surface area contributed by atoms with Crippen molar-refractivity contribution in [3.8, 4) is 0 Å². The number of hydrogen-bond donors (Lipinski definition) is 1. The van der Waals surface area contributed by atoms with E-state index in [1.807, 2.05) is 56.5 Å². The predicted molar refractivity (Wildman–Crippen MR) is 107 cm³/mol. The first-order valence-electron chi connectivity index (χ1n) is 8.68. The SMILES string of the molecule is C[C@@H](Sc1nnc2ccccn12)C(=O)c1ccc(NC(=O)C(C)(C)C)cc1. The molecule has 3 aromatic rings. The Morgan fingerprint density at radius 1 is 1.07 bits per heavy atom. The molecule has 0 bridgehead atoms. The zero-order valence-electron chi connectivity index (χ0n) is 15.8. The average Bonchev–Trinajstić information content (AvgIpc) is 3.04. The number of anilines is 1. The molecule has 0 saturated carbocycles. The summed E-state index contributed by atoms with van der Waals surface area (Å²) in [5.41, 5.74) is 1.55. The first kappa shape index (κ1) is 19.1. The zero-order chi connectivity index (χ0) is 19.6. The monoisotopic (exact) mass is 382 g/mol. The summed E-state index contributed by atoms with van der Waals surface area (Å²) in [6.07, 6.45) is 1.88. The molecule has 0 unspecified atom stereocenters. The lowest BCUT2D eigenvalue weighted by Crippen LogP contribution is -2.27. The van der Waals surface area contributed by atoms with Gasteiger partial charge in [-0.3, -0.25) is 14.0 Å². The molecule has 0 fully saturated rings. The maximum absolute atomic E-state index is 12.7. The van der Waals surface area contributed by atoms with Gasteiger partial charge in [-0.2, -0.15) is 0 Å². The third kappa shape index (κ3) is 4.36. The van der Waals surface area contributed by atoms with Crippen molar-refractivity contribution in [2.75, 3.05) is 5.32 Å². The van der Waals surface area contributed by atoms with E-state index >= 15 is 0 Å². The van der Waals surface area contributed by atoms with E-state index in [9.17, 15) is 9.59 Å². The lowest BCUT2D eigenvalue weighted by atomic mass is 9.95. The van der Waals surface area contributed by atoms with Crippen molar-refractivity contribution < 1.29 is 9.59 Å². The van der Waals surface area contributed by atoms with E-state index < -0.39 is 5.41 Å². The third-order valence-corrected chi connectivity index (χ3v) is 5.10. The van der Waals surface area contributed by atoms with E-state index in [-0.39, 0.29) is 16.9 Å². The second kappa shape index (κ2) is 7.52. The van der Waals surface area contributed by atoms with Crippen LogP contribution in [0.15, 0.2) is 53.8 Å². The number of carbonyl (C=O) groups is 2. The molecule has 0 spiro atoms. The van der Waals surface area contributed by atoms with Crippen LogP contribution in [-0.2, 0) is 4.79 Å². The summed E-state index contributed by atoms with van der Waals surface area (Å²) in [4.78, 5) is 24.8. The molecule has 0 aliphatic rings. The van der Waals surface area contributed by atoms with E-state index in [0.29, 0.717) is 16.4 Å². The molecule has 7 heteroatoms. The summed E-state index contributed by atoms with van der Waals surface area (Å²) in [7, 11) is 0. The molecule has 3 rings (SSSR count). The van der Waals surface area contributed by atoms with Gasteiger partial charge in [0.05, 0.1) is 5.25 Å². The zero-order valence-corrected chi connectivity index (χ0v) is 16.6. The Morgan fingerprint density at radius 3 is 2.44 bits per heavy atom. The number of hydrogen-bond acceptors (Lipinski definition) is 5. The minimum Gasteiger partial charge on any atom is -0.326 e. The number of carbonyl (C=O) groups excluding carboxylic acids is 2. The van der Waals surface area contributed by atoms with E-state index in [1.165, 1.54) is 11.8 Å². The van der Waals surface area contributed by atoms with Gasteiger partial charge in [-0.15, -0.1) is 10.2 Å². The van der Waals surface area contributed by atoms with Crippen LogP contribution in [0.25, 0.3) is 5.65 Å². The molecule has 0 aliphatic carbocycles. The van der Waals surface area contributed by atoms with Crippen molar-refractivity contribution in [2.45, 2.75) is 38.1 Å². The minimum absolute atomic E-state index is 0.00128.